The van der Waals surface area contributed by atoms with Crippen molar-refractivity contribution in [1.29, 1.82) is 0 Å². The predicted octanol–water partition coefficient (Wildman–Crippen LogP) is -1.25. The molecule has 3 rings (SSSR count). The Morgan fingerprint density at radius 2 is 1.50 bits per heavy atom. The summed E-state index contributed by atoms with van der Waals surface area (Å²) in [4.78, 5) is 30.2. The maximum absolute atomic E-state index is 12.7. The van der Waals surface area contributed by atoms with Crippen molar-refractivity contribution in [2.45, 2.75) is 82.5 Å². The van der Waals surface area contributed by atoms with Crippen LogP contribution in [-0.2, 0) is 32.7 Å². The molecule has 0 spiro atoms. The number of amides is 2. The lowest BCUT2D eigenvalue weighted by Crippen LogP contribution is -2.62. The van der Waals surface area contributed by atoms with Crippen LogP contribution in [0.3, 0.4) is 0 Å². The third-order valence-electron chi connectivity index (χ3n) is 7.55. The molecule has 7 N–H and O–H groups in total. The molecule has 17 nitrogen and oxygen atoms in total. The minimum absolute atomic E-state index is 0.0573. The first-order chi connectivity index (χ1) is 21.8. The Balaban J connectivity index is 1.59. The number of nitrogens with zero attached hydrogens (tertiary/aromatic N) is 1. The first-order valence-electron chi connectivity index (χ1n) is 14.9. The van der Waals surface area contributed by atoms with E-state index < -0.39 is 87.2 Å². The van der Waals surface area contributed by atoms with Gasteiger partial charge in [0.1, 0.15) is 36.6 Å². The molecule has 1 saturated heterocycles. The Morgan fingerprint density at radius 1 is 0.913 bits per heavy atom. The molecule has 10 unspecified atom stereocenters. The summed E-state index contributed by atoms with van der Waals surface area (Å²) in [6.07, 6.45) is -16.3. The summed E-state index contributed by atoms with van der Waals surface area (Å²) < 4.78 is 39.5. The van der Waals surface area contributed by atoms with Crippen molar-refractivity contribution in [3.63, 3.8) is 0 Å². The smallest absolute Gasteiger partial charge is 0.330 e. The van der Waals surface area contributed by atoms with Gasteiger partial charge in [-0.3, -0.25) is 19.0 Å². The van der Waals surface area contributed by atoms with Crippen molar-refractivity contribution in [3.05, 3.63) is 35.4 Å². The van der Waals surface area contributed by atoms with Gasteiger partial charge < -0.3 is 59.0 Å². The Bertz CT molecular complexity index is 1140. The highest BCUT2D eigenvalue weighted by molar-refractivity contribution is 7.53. The Kier molecular flexibility index (Phi) is 14.6. The molecule has 1 aromatic rings. The van der Waals surface area contributed by atoms with Crippen LogP contribution in [0.2, 0.25) is 0 Å². The fourth-order valence-electron chi connectivity index (χ4n) is 4.95. The van der Waals surface area contributed by atoms with Gasteiger partial charge >= 0.3 is 7.60 Å². The zero-order valence-electron chi connectivity index (χ0n) is 25.7. The fraction of sp³-hybridized carbons (Fsp3) is 0.714. The molecule has 2 amide bonds. The van der Waals surface area contributed by atoms with Crippen LogP contribution in [0.15, 0.2) is 24.3 Å². The van der Waals surface area contributed by atoms with Crippen molar-refractivity contribution >= 4 is 19.4 Å². The second-order valence-electron chi connectivity index (χ2n) is 10.8. The number of hydrogen-bond acceptors (Lipinski definition) is 16. The van der Waals surface area contributed by atoms with Crippen LogP contribution in [0.25, 0.3) is 0 Å². The van der Waals surface area contributed by atoms with E-state index in [1.54, 1.807) is 26.0 Å². The normalized spacial score (nSPS) is 26.9. The Hall–Kier alpha value is -1.93. The van der Waals surface area contributed by atoms with Crippen LogP contribution < -0.4 is 0 Å². The molecule has 1 fully saturated rings. The third-order valence-corrected chi connectivity index (χ3v) is 9.66. The molecule has 18 heteroatoms. The number of aliphatic hydroxyl groups excluding tert-OH is 7. The summed E-state index contributed by atoms with van der Waals surface area (Å²) in [5.74, 6) is -2.13. The van der Waals surface area contributed by atoms with Gasteiger partial charge in [-0.15, -0.1) is 5.06 Å². The molecular formula is C28H44NO16P. The summed E-state index contributed by atoms with van der Waals surface area (Å²) in [6, 6.07) is 6.11. The molecule has 262 valence electrons. The van der Waals surface area contributed by atoms with Crippen LogP contribution in [0.5, 0.6) is 0 Å². The standard InChI is InChI=1S/C28H44NO16P/c1-4-42-46(39,43-5-2)13-10-15(3)19(31)21(33)23(35)27(38)45-24-22(34)20(32)18(14-30)44-28(24)40-11-12-41-29-25(36)16-8-6-7-9-17(16)26(29)37/h6-9,15,18-24,27-28,30-35,38H,4-5,10-14H2,1-3H3. The number of carbonyl (C=O) groups excluding carboxylic acids is 2. The van der Waals surface area contributed by atoms with E-state index in [-0.39, 0.29) is 50.1 Å². The van der Waals surface area contributed by atoms with E-state index >= 15 is 0 Å². The molecule has 1 aromatic carbocycles. The van der Waals surface area contributed by atoms with Gasteiger partial charge in [0.2, 0.25) is 0 Å². The lowest BCUT2D eigenvalue weighted by Gasteiger charge is -2.43. The molecule has 2 heterocycles. The number of hydrogen-bond donors (Lipinski definition) is 7. The largest absolute Gasteiger partial charge is 0.394 e. The first-order valence-corrected chi connectivity index (χ1v) is 16.6. The van der Waals surface area contributed by atoms with Crippen molar-refractivity contribution in [1.82, 2.24) is 5.06 Å². The average molecular weight is 682 g/mol. The van der Waals surface area contributed by atoms with Crippen molar-refractivity contribution in [3.8, 4) is 0 Å². The SMILES string of the molecule is CCOP(=O)(CCC(C)C(O)C(O)C(O)C(O)OC1C(OCCON2C(=O)c3ccccc3C2=O)OC(CO)C(O)C1O)OCC. The van der Waals surface area contributed by atoms with Crippen LogP contribution in [0.4, 0.5) is 0 Å². The molecular weight excluding hydrogens is 637 g/mol. The van der Waals surface area contributed by atoms with E-state index in [0.717, 1.165) is 0 Å². The number of carbonyl (C=O) groups is 2. The first kappa shape index (κ1) is 38.5. The van der Waals surface area contributed by atoms with Crippen molar-refractivity contribution in [2.24, 2.45) is 5.92 Å². The highest BCUT2D eigenvalue weighted by atomic mass is 31.2. The number of fused-ring (bicyclic) bond motifs is 1. The summed E-state index contributed by atoms with van der Waals surface area (Å²) in [7, 11) is -3.45. The summed E-state index contributed by atoms with van der Waals surface area (Å²) in [6.45, 7) is 3.55. The number of aliphatic hydroxyl groups is 7. The maximum Gasteiger partial charge on any atom is 0.330 e. The fourth-order valence-corrected chi connectivity index (χ4v) is 6.80. The highest BCUT2D eigenvalue weighted by Crippen LogP contribution is 2.49. The molecule has 2 aliphatic heterocycles. The van der Waals surface area contributed by atoms with Gasteiger partial charge in [-0.25, -0.2) is 0 Å². The Labute approximate surface area is 265 Å². The quantitative estimate of drug-likeness (QED) is 0.0390. The molecule has 0 radical (unpaired) electrons. The van der Waals surface area contributed by atoms with Crippen LogP contribution in [0, 0.1) is 5.92 Å². The van der Waals surface area contributed by atoms with Crippen molar-refractivity contribution < 1.29 is 78.0 Å². The van der Waals surface area contributed by atoms with Crippen molar-refractivity contribution in [2.75, 3.05) is 39.2 Å². The number of benzene rings is 1. The van der Waals surface area contributed by atoms with E-state index in [9.17, 15) is 49.9 Å². The number of imide groups is 1. The van der Waals surface area contributed by atoms with E-state index in [4.69, 9.17) is 28.1 Å². The topological polar surface area (TPSA) is 251 Å². The van der Waals surface area contributed by atoms with E-state index in [1.165, 1.54) is 19.1 Å². The summed E-state index contributed by atoms with van der Waals surface area (Å²) in [5.41, 5.74) is 0.316. The van der Waals surface area contributed by atoms with E-state index in [1.807, 2.05) is 0 Å². The average Bonchev–Trinajstić information content (AvgIpc) is 3.28. The minimum atomic E-state index is -3.45. The van der Waals surface area contributed by atoms with Crippen LogP contribution in [0.1, 0.15) is 47.9 Å². The van der Waals surface area contributed by atoms with Gasteiger partial charge in [-0.2, -0.15) is 0 Å². The Morgan fingerprint density at radius 3 is 2.04 bits per heavy atom. The van der Waals surface area contributed by atoms with Gasteiger partial charge in [0, 0.05) is 0 Å². The summed E-state index contributed by atoms with van der Waals surface area (Å²) >= 11 is 0. The lowest BCUT2D eigenvalue weighted by molar-refractivity contribution is -0.342. The second-order valence-corrected chi connectivity index (χ2v) is 12.9. The number of ether oxygens (including phenoxy) is 3. The van der Waals surface area contributed by atoms with E-state index in [2.05, 4.69) is 0 Å². The monoisotopic (exact) mass is 681 g/mol. The molecule has 10 atom stereocenters. The van der Waals surface area contributed by atoms with Gasteiger partial charge in [-0.1, -0.05) is 19.1 Å². The maximum atomic E-state index is 12.7. The van der Waals surface area contributed by atoms with Gasteiger partial charge in [0.15, 0.2) is 12.6 Å². The third kappa shape index (κ3) is 9.15. The lowest BCUT2D eigenvalue weighted by atomic mass is 9.94. The zero-order valence-corrected chi connectivity index (χ0v) is 26.6. The molecule has 0 aromatic heterocycles. The molecule has 0 bridgehead atoms. The van der Waals surface area contributed by atoms with E-state index in [0.29, 0.717) is 5.06 Å². The summed E-state index contributed by atoms with van der Waals surface area (Å²) in [5, 5.41) is 73.5. The predicted molar refractivity (Wildman–Crippen MR) is 155 cm³/mol. The molecule has 46 heavy (non-hydrogen) atoms. The zero-order chi connectivity index (χ0) is 34.2. The van der Waals surface area contributed by atoms with Gasteiger partial charge in [0.05, 0.1) is 56.4 Å². The van der Waals surface area contributed by atoms with Crippen LogP contribution >= 0.6 is 7.60 Å². The molecule has 0 aliphatic carbocycles. The minimum Gasteiger partial charge on any atom is -0.394 e. The van der Waals surface area contributed by atoms with Gasteiger partial charge in [-0.05, 0) is 38.3 Å². The van der Waals surface area contributed by atoms with Crippen LogP contribution in [-0.4, -0.2) is 147 Å². The molecule has 2 aliphatic rings. The van der Waals surface area contributed by atoms with Gasteiger partial charge in [0.25, 0.3) is 11.8 Å². The highest BCUT2D eigenvalue weighted by Gasteiger charge is 2.48. The second kappa shape index (κ2) is 17.5. The number of hydroxylamine groups is 2. The molecule has 0 saturated carbocycles. The number of rotatable bonds is 19.